The Morgan fingerprint density at radius 3 is 2.82 bits per heavy atom. The average molecular weight is 300 g/mol. The van der Waals surface area contributed by atoms with Gasteiger partial charge in [-0.05, 0) is 31.5 Å². The zero-order chi connectivity index (χ0) is 15.4. The van der Waals surface area contributed by atoms with Gasteiger partial charge in [-0.2, -0.15) is 0 Å². The zero-order valence-electron chi connectivity index (χ0n) is 12.5. The lowest BCUT2D eigenvalue weighted by molar-refractivity contribution is -0.385. The van der Waals surface area contributed by atoms with Crippen LogP contribution in [0.1, 0.15) is 43.0 Å². The van der Waals surface area contributed by atoms with Crippen LogP contribution in [-0.2, 0) is 6.54 Å². The van der Waals surface area contributed by atoms with Crippen molar-refractivity contribution in [3.63, 3.8) is 0 Å². The van der Waals surface area contributed by atoms with Crippen molar-refractivity contribution in [2.45, 2.75) is 38.3 Å². The summed E-state index contributed by atoms with van der Waals surface area (Å²) in [5.41, 5.74) is 0.968. The molecular weight excluding hydrogens is 280 g/mol. The Kier molecular flexibility index (Phi) is 4.53. The third-order valence-electron chi connectivity index (χ3n) is 4.30. The first-order valence-corrected chi connectivity index (χ1v) is 7.75. The van der Waals surface area contributed by atoms with E-state index < -0.39 is 0 Å². The Balaban J connectivity index is 1.86. The fourth-order valence-corrected chi connectivity index (χ4v) is 3.20. The number of likely N-dealkylation sites (tertiary alicyclic amines) is 1. The quantitative estimate of drug-likeness (QED) is 0.623. The number of nitrogens with zero attached hydrogens (tertiary/aromatic N) is 2. The van der Waals surface area contributed by atoms with Gasteiger partial charge >= 0.3 is 0 Å². The molecule has 1 saturated heterocycles. The lowest BCUT2D eigenvalue weighted by atomic mass is 10.1. The maximum Gasteiger partial charge on any atom is 0.273 e. The van der Waals surface area contributed by atoms with Crippen molar-refractivity contribution < 1.29 is 9.34 Å². The highest BCUT2D eigenvalue weighted by Gasteiger charge is 2.26. The van der Waals surface area contributed by atoms with Gasteiger partial charge in [-0.15, -0.1) is 0 Å². The number of benzene rings is 1. The number of furan rings is 1. The van der Waals surface area contributed by atoms with Crippen LogP contribution < -0.4 is 0 Å². The maximum atomic E-state index is 11.2. The monoisotopic (exact) mass is 300 g/mol. The summed E-state index contributed by atoms with van der Waals surface area (Å²) in [5, 5.41) is 11.2. The van der Waals surface area contributed by atoms with Crippen LogP contribution >= 0.6 is 0 Å². The lowest BCUT2D eigenvalue weighted by Gasteiger charge is -2.28. The molecule has 2 aromatic rings. The van der Waals surface area contributed by atoms with E-state index >= 15 is 0 Å². The SMILES string of the molecule is O=[N+]([O-])c1ccccc1CN1CCCCCC1c1ccco1. The van der Waals surface area contributed by atoms with Gasteiger partial charge in [0.1, 0.15) is 5.76 Å². The fourth-order valence-electron chi connectivity index (χ4n) is 3.20. The highest BCUT2D eigenvalue weighted by Crippen LogP contribution is 2.33. The predicted octanol–water partition coefficient (Wildman–Crippen LogP) is 4.31. The Morgan fingerprint density at radius 2 is 2.05 bits per heavy atom. The number of rotatable bonds is 4. The van der Waals surface area contributed by atoms with Crippen LogP contribution in [-0.4, -0.2) is 16.4 Å². The van der Waals surface area contributed by atoms with Gasteiger partial charge in [0.05, 0.1) is 17.2 Å². The molecule has 116 valence electrons. The molecule has 5 heteroatoms. The molecule has 1 fully saturated rings. The minimum Gasteiger partial charge on any atom is -0.468 e. The minimum absolute atomic E-state index is 0.199. The van der Waals surface area contributed by atoms with E-state index in [-0.39, 0.29) is 16.7 Å². The first-order chi connectivity index (χ1) is 10.8. The second-order valence-electron chi connectivity index (χ2n) is 5.74. The first-order valence-electron chi connectivity index (χ1n) is 7.75. The third-order valence-corrected chi connectivity index (χ3v) is 4.30. The molecule has 1 unspecified atom stereocenters. The standard InChI is InChI=1S/C17H20N2O3/c20-19(21)15-8-4-3-7-14(15)13-18-11-5-1-2-9-16(18)17-10-6-12-22-17/h3-4,6-8,10,12,16H,1-2,5,9,11,13H2. The van der Waals surface area contributed by atoms with Crippen LogP contribution in [0.4, 0.5) is 5.69 Å². The summed E-state index contributed by atoms with van der Waals surface area (Å²) >= 11 is 0. The topological polar surface area (TPSA) is 59.5 Å². The highest BCUT2D eigenvalue weighted by atomic mass is 16.6. The van der Waals surface area contributed by atoms with Crippen molar-refractivity contribution in [1.29, 1.82) is 0 Å². The fraction of sp³-hybridized carbons (Fsp3) is 0.412. The molecule has 2 heterocycles. The Labute approximate surface area is 129 Å². The molecule has 1 aliphatic heterocycles. The average Bonchev–Trinajstić information content (AvgIpc) is 2.95. The van der Waals surface area contributed by atoms with Gasteiger partial charge in [-0.3, -0.25) is 15.0 Å². The van der Waals surface area contributed by atoms with Crippen molar-refractivity contribution in [1.82, 2.24) is 4.90 Å². The Hall–Kier alpha value is -2.14. The third kappa shape index (κ3) is 3.20. The van der Waals surface area contributed by atoms with Crippen LogP contribution in [0.25, 0.3) is 0 Å². The zero-order valence-corrected chi connectivity index (χ0v) is 12.5. The van der Waals surface area contributed by atoms with Crippen LogP contribution in [0.5, 0.6) is 0 Å². The molecule has 0 spiro atoms. The summed E-state index contributed by atoms with van der Waals surface area (Å²) in [6, 6.07) is 11.1. The van der Waals surface area contributed by atoms with Gasteiger partial charge in [-0.25, -0.2) is 0 Å². The number of hydrogen-bond donors (Lipinski definition) is 0. The van der Waals surface area contributed by atoms with Gasteiger partial charge in [0.2, 0.25) is 0 Å². The van der Waals surface area contributed by atoms with Crippen molar-refractivity contribution in [2.75, 3.05) is 6.54 Å². The van der Waals surface area contributed by atoms with E-state index in [9.17, 15) is 10.1 Å². The smallest absolute Gasteiger partial charge is 0.273 e. The van der Waals surface area contributed by atoms with E-state index in [1.165, 1.54) is 12.8 Å². The van der Waals surface area contributed by atoms with Crippen LogP contribution in [0, 0.1) is 10.1 Å². The van der Waals surface area contributed by atoms with Gasteiger partial charge < -0.3 is 4.42 Å². The lowest BCUT2D eigenvalue weighted by Crippen LogP contribution is -2.28. The van der Waals surface area contributed by atoms with Crippen LogP contribution in [0.2, 0.25) is 0 Å². The molecule has 0 bridgehead atoms. The second-order valence-corrected chi connectivity index (χ2v) is 5.74. The molecule has 5 nitrogen and oxygen atoms in total. The molecule has 0 amide bonds. The molecule has 1 aliphatic rings. The van der Waals surface area contributed by atoms with E-state index in [0.29, 0.717) is 6.54 Å². The molecule has 0 N–H and O–H groups in total. The molecule has 1 atom stereocenters. The van der Waals surface area contributed by atoms with E-state index in [1.807, 2.05) is 24.3 Å². The van der Waals surface area contributed by atoms with E-state index in [4.69, 9.17) is 4.42 Å². The summed E-state index contributed by atoms with van der Waals surface area (Å²) in [7, 11) is 0. The number of hydrogen-bond acceptors (Lipinski definition) is 4. The summed E-state index contributed by atoms with van der Waals surface area (Å²) in [4.78, 5) is 13.2. The van der Waals surface area contributed by atoms with Crippen molar-refractivity contribution in [3.8, 4) is 0 Å². The summed E-state index contributed by atoms with van der Waals surface area (Å²) in [5.74, 6) is 0.959. The second kappa shape index (κ2) is 6.75. The largest absolute Gasteiger partial charge is 0.468 e. The molecule has 0 aliphatic carbocycles. The van der Waals surface area contributed by atoms with Gasteiger partial charge in [0.25, 0.3) is 5.69 Å². The van der Waals surface area contributed by atoms with Crippen molar-refractivity contribution in [2.24, 2.45) is 0 Å². The van der Waals surface area contributed by atoms with Crippen LogP contribution in [0.15, 0.2) is 47.1 Å². The maximum absolute atomic E-state index is 11.2. The molecule has 0 radical (unpaired) electrons. The predicted molar refractivity (Wildman–Crippen MR) is 83.4 cm³/mol. The summed E-state index contributed by atoms with van der Waals surface area (Å²) < 4.78 is 5.60. The van der Waals surface area contributed by atoms with E-state index in [0.717, 1.165) is 30.7 Å². The highest BCUT2D eigenvalue weighted by molar-refractivity contribution is 5.39. The number of nitro benzene ring substituents is 1. The molecule has 1 aromatic heterocycles. The summed E-state index contributed by atoms with van der Waals surface area (Å²) in [6.07, 6.45) is 6.22. The van der Waals surface area contributed by atoms with Gasteiger partial charge in [0, 0.05) is 18.2 Å². The minimum atomic E-state index is -0.297. The summed E-state index contributed by atoms with van der Waals surface area (Å²) in [6.45, 7) is 1.53. The van der Waals surface area contributed by atoms with E-state index in [2.05, 4.69) is 4.90 Å². The van der Waals surface area contributed by atoms with Gasteiger partial charge in [0.15, 0.2) is 0 Å². The van der Waals surface area contributed by atoms with Crippen LogP contribution in [0.3, 0.4) is 0 Å². The normalized spacial score (nSPS) is 19.7. The number of para-hydroxylation sites is 1. The van der Waals surface area contributed by atoms with Gasteiger partial charge in [-0.1, -0.05) is 31.0 Å². The number of nitro groups is 1. The molecule has 3 rings (SSSR count). The molecule has 1 aromatic carbocycles. The molecular formula is C17H20N2O3. The van der Waals surface area contributed by atoms with Crippen molar-refractivity contribution in [3.05, 3.63) is 64.1 Å². The Morgan fingerprint density at radius 1 is 1.18 bits per heavy atom. The van der Waals surface area contributed by atoms with E-state index in [1.54, 1.807) is 18.4 Å². The molecule has 0 saturated carbocycles. The Bertz CT molecular complexity index is 625. The first kappa shape index (κ1) is 14.8. The van der Waals surface area contributed by atoms with Crippen molar-refractivity contribution >= 4 is 5.69 Å². The molecule has 22 heavy (non-hydrogen) atoms.